The fraction of sp³-hybridized carbons (Fsp3) is 0.360. The Balaban J connectivity index is 1.14. The number of piperidine rings is 1. The van der Waals surface area contributed by atoms with Crippen LogP contribution in [0.1, 0.15) is 35.8 Å². The summed E-state index contributed by atoms with van der Waals surface area (Å²) in [5.41, 5.74) is 2.14. The van der Waals surface area contributed by atoms with Gasteiger partial charge in [-0.25, -0.2) is 9.78 Å². The second-order valence-electron chi connectivity index (χ2n) is 8.63. The maximum atomic E-state index is 12.9. The second-order valence-corrected chi connectivity index (χ2v) is 9.69. The highest BCUT2D eigenvalue weighted by molar-refractivity contribution is 7.18. The van der Waals surface area contributed by atoms with Crippen LogP contribution >= 0.6 is 11.3 Å². The Morgan fingerprint density at radius 1 is 1.03 bits per heavy atom. The van der Waals surface area contributed by atoms with Crippen LogP contribution in [-0.2, 0) is 16.0 Å². The number of hydrogen-bond donors (Lipinski definition) is 1. The van der Waals surface area contributed by atoms with Crippen molar-refractivity contribution in [1.29, 1.82) is 0 Å². The molecule has 0 aliphatic carbocycles. The summed E-state index contributed by atoms with van der Waals surface area (Å²) in [5, 5.41) is 3.86. The van der Waals surface area contributed by atoms with E-state index < -0.39 is 12.1 Å². The van der Waals surface area contributed by atoms with Crippen molar-refractivity contribution in [2.45, 2.75) is 37.6 Å². The number of likely N-dealkylation sites (tertiary alicyclic amines) is 1. The first-order chi connectivity index (χ1) is 16.1. The molecule has 0 radical (unpaired) electrons. The van der Waals surface area contributed by atoms with E-state index in [2.05, 4.69) is 11.4 Å². The molecule has 1 aromatic heterocycles. The van der Waals surface area contributed by atoms with Gasteiger partial charge in [-0.1, -0.05) is 42.5 Å². The minimum atomic E-state index is -0.574. The number of thiazole rings is 1. The van der Waals surface area contributed by atoms with Crippen molar-refractivity contribution in [3.63, 3.8) is 0 Å². The number of aromatic nitrogens is 1. The van der Waals surface area contributed by atoms with Crippen molar-refractivity contribution in [2.24, 2.45) is 0 Å². The smallest absolute Gasteiger partial charge is 0.325 e. The number of amides is 4. The fourth-order valence-corrected chi connectivity index (χ4v) is 5.69. The highest BCUT2D eigenvalue weighted by Crippen LogP contribution is 2.33. The molecule has 0 unspecified atom stereocenters. The Kier molecular flexibility index (Phi) is 6.09. The van der Waals surface area contributed by atoms with Crippen molar-refractivity contribution in [3.05, 3.63) is 65.2 Å². The summed E-state index contributed by atoms with van der Waals surface area (Å²) in [6.07, 6.45) is 2.89. The molecule has 1 N–H and O–H groups in total. The van der Waals surface area contributed by atoms with E-state index in [-0.39, 0.29) is 18.4 Å². The van der Waals surface area contributed by atoms with Gasteiger partial charge in [0.15, 0.2) is 0 Å². The molecule has 2 aliphatic heterocycles. The second kappa shape index (κ2) is 9.31. The summed E-state index contributed by atoms with van der Waals surface area (Å²) in [6.45, 7) is 1.03. The molecule has 0 saturated carbocycles. The number of urea groups is 1. The third-order valence-electron chi connectivity index (χ3n) is 6.47. The molecule has 4 amide bonds. The summed E-state index contributed by atoms with van der Waals surface area (Å²) in [5.74, 6) is -0.149. The predicted molar refractivity (Wildman–Crippen MR) is 127 cm³/mol. The zero-order valence-corrected chi connectivity index (χ0v) is 19.1. The van der Waals surface area contributed by atoms with Gasteiger partial charge in [-0.3, -0.25) is 14.5 Å². The van der Waals surface area contributed by atoms with E-state index in [1.807, 2.05) is 48.5 Å². The molecule has 0 spiro atoms. The highest BCUT2D eigenvalue weighted by atomic mass is 32.1. The number of hydrogen-bond acceptors (Lipinski definition) is 5. The van der Waals surface area contributed by atoms with Crippen molar-refractivity contribution in [3.8, 4) is 0 Å². The minimum Gasteiger partial charge on any atom is -0.341 e. The Labute approximate surface area is 196 Å². The third kappa shape index (κ3) is 4.61. The van der Waals surface area contributed by atoms with Crippen LogP contribution in [0.4, 0.5) is 4.79 Å². The lowest BCUT2D eigenvalue weighted by molar-refractivity contribution is -0.138. The molecule has 2 saturated heterocycles. The predicted octanol–water partition coefficient (Wildman–Crippen LogP) is 3.56. The Morgan fingerprint density at radius 3 is 2.52 bits per heavy atom. The maximum Gasteiger partial charge on any atom is 0.325 e. The average Bonchev–Trinajstić information content (AvgIpc) is 3.40. The number of para-hydroxylation sites is 1. The molecule has 2 fully saturated rings. The summed E-state index contributed by atoms with van der Waals surface area (Å²) >= 11 is 1.72. The van der Waals surface area contributed by atoms with Crippen LogP contribution < -0.4 is 5.32 Å². The van der Waals surface area contributed by atoms with Crippen LogP contribution in [-0.4, -0.2) is 58.3 Å². The van der Waals surface area contributed by atoms with E-state index >= 15 is 0 Å². The Morgan fingerprint density at radius 2 is 1.76 bits per heavy atom. The van der Waals surface area contributed by atoms with Crippen LogP contribution in [0.15, 0.2) is 54.6 Å². The SMILES string of the molecule is O=C(CN1C(=O)N[C@H](CCc2ccccc2)C1=O)N1CCC(c2nc3ccccc3s2)CC1. The number of nitrogens with zero attached hydrogens (tertiary/aromatic N) is 3. The number of nitrogens with one attached hydrogen (secondary N) is 1. The van der Waals surface area contributed by atoms with Gasteiger partial charge in [0.25, 0.3) is 5.91 Å². The lowest BCUT2D eigenvalue weighted by Crippen LogP contribution is -2.45. The van der Waals surface area contributed by atoms with E-state index in [0.717, 1.165) is 33.8 Å². The van der Waals surface area contributed by atoms with E-state index in [1.54, 1.807) is 16.2 Å². The summed E-state index contributed by atoms with van der Waals surface area (Å²) in [7, 11) is 0. The first-order valence-corrected chi connectivity index (χ1v) is 12.2. The van der Waals surface area contributed by atoms with Crippen LogP contribution in [0.25, 0.3) is 10.2 Å². The van der Waals surface area contributed by atoms with Gasteiger partial charge in [0.1, 0.15) is 12.6 Å². The lowest BCUT2D eigenvalue weighted by atomic mass is 9.97. The normalized spacial score (nSPS) is 19.3. The number of carbonyl (C=O) groups is 3. The van der Waals surface area contributed by atoms with Crippen molar-refractivity contribution >= 4 is 39.4 Å². The van der Waals surface area contributed by atoms with Crippen molar-refractivity contribution in [2.75, 3.05) is 19.6 Å². The quantitative estimate of drug-likeness (QED) is 0.568. The first-order valence-electron chi connectivity index (χ1n) is 11.4. The largest absolute Gasteiger partial charge is 0.341 e. The highest BCUT2D eigenvalue weighted by Gasteiger charge is 2.39. The van der Waals surface area contributed by atoms with Crippen LogP contribution in [0.2, 0.25) is 0 Å². The van der Waals surface area contributed by atoms with Crippen LogP contribution in [0, 0.1) is 0 Å². The minimum absolute atomic E-state index is 0.176. The molecular weight excluding hydrogens is 436 g/mol. The summed E-state index contributed by atoms with van der Waals surface area (Å²) < 4.78 is 1.19. The van der Waals surface area contributed by atoms with Gasteiger partial charge in [0.2, 0.25) is 5.91 Å². The molecule has 3 aromatic rings. The van der Waals surface area contributed by atoms with E-state index in [1.165, 1.54) is 4.70 Å². The number of imide groups is 1. The van der Waals surface area contributed by atoms with Gasteiger partial charge in [-0.15, -0.1) is 11.3 Å². The van der Waals surface area contributed by atoms with E-state index in [0.29, 0.717) is 31.8 Å². The van der Waals surface area contributed by atoms with Gasteiger partial charge in [0, 0.05) is 19.0 Å². The van der Waals surface area contributed by atoms with Crippen LogP contribution in [0.3, 0.4) is 0 Å². The van der Waals surface area contributed by atoms with Gasteiger partial charge in [0.05, 0.1) is 15.2 Å². The van der Waals surface area contributed by atoms with Gasteiger partial charge < -0.3 is 10.2 Å². The third-order valence-corrected chi connectivity index (χ3v) is 7.67. The Hall–Kier alpha value is -3.26. The molecule has 33 heavy (non-hydrogen) atoms. The Bertz CT molecular complexity index is 1140. The van der Waals surface area contributed by atoms with E-state index in [9.17, 15) is 14.4 Å². The van der Waals surface area contributed by atoms with Gasteiger partial charge in [-0.05, 0) is 43.4 Å². The van der Waals surface area contributed by atoms with Gasteiger partial charge in [-0.2, -0.15) is 0 Å². The molecular formula is C25H26N4O3S. The monoisotopic (exact) mass is 462 g/mol. The molecule has 3 heterocycles. The maximum absolute atomic E-state index is 12.9. The number of aryl methyl sites for hydroxylation is 1. The molecule has 2 aromatic carbocycles. The summed E-state index contributed by atoms with van der Waals surface area (Å²) in [4.78, 5) is 45.6. The topological polar surface area (TPSA) is 82.6 Å². The molecule has 170 valence electrons. The number of benzene rings is 2. The lowest BCUT2D eigenvalue weighted by Gasteiger charge is -2.31. The molecule has 1 atom stereocenters. The molecule has 2 aliphatic rings. The fourth-order valence-electron chi connectivity index (χ4n) is 4.55. The van der Waals surface area contributed by atoms with Gasteiger partial charge >= 0.3 is 6.03 Å². The van der Waals surface area contributed by atoms with Crippen LogP contribution in [0.5, 0.6) is 0 Å². The van der Waals surface area contributed by atoms with E-state index in [4.69, 9.17) is 4.98 Å². The number of carbonyl (C=O) groups excluding carboxylic acids is 3. The summed E-state index contributed by atoms with van der Waals surface area (Å²) in [6, 6.07) is 16.9. The van der Waals surface area contributed by atoms with Crippen molar-refractivity contribution < 1.29 is 14.4 Å². The molecule has 8 heteroatoms. The van der Waals surface area contributed by atoms with Crippen molar-refractivity contribution in [1.82, 2.24) is 20.1 Å². The first kappa shape index (κ1) is 21.6. The number of fused-ring (bicyclic) bond motifs is 1. The molecule has 0 bridgehead atoms. The average molecular weight is 463 g/mol. The molecule has 5 rings (SSSR count). The number of rotatable bonds is 6. The zero-order valence-electron chi connectivity index (χ0n) is 18.3. The molecule has 7 nitrogen and oxygen atoms in total. The zero-order chi connectivity index (χ0) is 22.8. The standard InChI is InChI=1S/C25H26N4O3S/c30-22(16-29-24(31)20(27-25(29)32)11-10-17-6-2-1-3-7-17)28-14-12-18(13-15-28)23-26-19-8-4-5-9-21(19)33-23/h1-9,18,20H,10-16H2,(H,27,32)/t20-/m1/s1.